The highest BCUT2D eigenvalue weighted by Crippen LogP contribution is 2.55. The molecule has 106 valence electrons. The van der Waals surface area contributed by atoms with Crippen molar-refractivity contribution in [3.05, 3.63) is 34.9 Å². The van der Waals surface area contributed by atoms with Crippen LogP contribution < -0.4 is 0 Å². The molecule has 20 heavy (non-hydrogen) atoms. The number of ketones is 1. The molecule has 0 aliphatic heterocycles. The molecule has 2 fully saturated rings. The minimum Gasteiger partial charge on any atom is -0.300 e. The monoisotopic (exact) mass is 268 g/mol. The molecule has 0 N–H and O–H groups in total. The van der Waals surface area contributed by atoms with Crippen LogP contribution in [0.4, 0.5) is 0 Å². The van der Waals surface area contributed by atoms with Crippen molar-refractivity contribution in [2.75, 3.05) is 0 Å². The fourth-order valence-electron chi connectivity index (χ4n) is 5.12. The van der Waals surface area contributed by atoms with Gasteiger partial charge in [-0.15, -0.1) is 0 Å². The molecule has 2 saturated carbocycles. The number of carbonyl (C=O) groups is 1. The van der Waals surface area contributed by atoms with Crippen LogP contribution in [0.2, 0.25) is 0 Å². The van der Waals surface area contributed by atoms with Gasteiger partial charge in [-0.1, -0.05) is 18.2 Å². The second-order valence-corrected chi connectivity index (χ2v) is 7.22. The number of rotatable bonds is 2. The Morgan fingerprint density at radius 2 is 1.50 bits per heavy atom. The topological polar surface area (TPSA) is 17.1 Å². The molecule has 1 nitrogen and oxygen atoms in total. The first-order valence-electron chi connectivity index (χ1n) is 8.37. The van der Waals surface area contributed by atoms with Gasteiger partial charge in [0.15, 0.2) is 0 Å². The van der Waals surface area contributed by atoms with E-state index in [2.05, 4.69) is 18.2 Å². The Balaban J connectivity index is 1.60. The van der Waals surface area contributed by atoms with E-state index in [-0.39, 0.29) is 0 Å². The summed E-state index contributed by atoms with van der Waals surface area (Å²) < 4.78 is 0. The molecule has 1 heteroatoms. The van der Waals surface area contributed by atoms with E-state index in [0.29, 0.717) is 11.7 Å². The molecule has 2 atom stereocenters. The van der Waals surface area contributed by atoms with E-state index in [1.165, 1.54) is 32.1 Å². The largest absolute Gasteiger partial charge is 0.300 e. The minimum absolute atomic E-state index is 0.347. The van der Waals surface area contributed by atoms with E-state index >= 15 is 0 Å². The third kappa shape index (κ3) is 1.86. The lowest BCUT2D eigenvalue weighted by Crippen LogP contribution is -2.20. The molecule has 1 aromatic rings. The smallest absolute Gasteiger partial charge is 0.132 e. The van der Waals surface area contributed by atoms with Crippen molar-refractivity contribution in [3.8, 4) is 0 Å². The van der Waals surface area contributed by atoms with Crippen molar-refractivity contribution >= 4 is 5.78 Å². The summed E-state index contributed by atoms with van der Waals surface area (Å²) in [5.74, 6) is 3.19. The van der Waals surface area contributed by atoms with Crippen molar-refractivity contribution < 1.29 is 4.79 Å². The number of fused-ring (bicyclic) bond motifs is 5. The van der Waals surface area contributed by atoms with E-state index in [9.17, 15) is 4.79 Å². The Kier molecular flexibility index (Phi) is 2.98. The highest BCUT2D eigenvalue weighted by Gasteiger charge is 2.39. The SMILES string of the molecule is CC(=O)C1CCC(c2cccc3c2C2CCC3C2)CC1. The fraction of sp³-hybridized carbons (Fsp3) is 0.632. The molecule has 1 aromatic carbocycles. The van der Waals surface area contributed by atoms with Gasteiger partial charge < -0.3 is 0 Å². The maximum Gasteiger partial charge on any atom is 0.132 e. The van der Waals surface area contributed by atoms with Crippen molar-refractivity contribution in [2.45, 2.75) is 69.6 Å². The second-order valence-electron chi connectivity index (χ2n) is 7.22. The zero-order chi connectivity index (χ0) is 13.7. The summed E-state index contributed by atoms with van der Waals surface area (Å²) >= 11 is 0. The van der Waals surface area contributed by atoms with Gasteiger partial charge in [-0.25, -0.2) is 0 Å². The normalized spacial score (nSPS) is 35.0. The molecule has 0 amide bonds. The average Bonchev–Trinajstić information content (AvgIpc) is 3.09. The molecule has 2 unspecified atom stereocenters. The quantitative estimate of drug-likeness (QED) is 0.744. The Hall–Kier alpha value is -1.11. The summed E-state index contributed by atoms with van der Waals surface area (Å²) in [6.07, 6.45) is 8.90. The number of hydrogen-bond donors (Lipinski definition) is 0. The van der Waals surface area contributed by atoms with Crippen molar-refractivity contribution in [2.24, 2.45) is 5.92 Å². The van der Waals surface area contributed by atoms with Gasteiger partial charge in [0.25, 0.3) is 0 Å². The molecule has 2 bridgehead atoms. The highest BCUT2D eigenvalue weighted by molar-refractivity contribution is 5.78. The van der Waals surface area contributed by atoms with Gasteiger partial charge in [0.1, 0.15) is 5.78 Å². The Morgan fingerprint density at radius 3 is 2.20 bits per heavy atom. The van der Waals surface area contributed by atoms with Crippen LogP contribution in [0.1, 0.15) is 86.3 Å². The lowest BCUT2D eigenvalue weighted by atomic mass is 9.74. The molecule has 0 heterocycles. The number of carbonyl (C=O) groups excluding carboxylic acids is 1. The molecule has 4 rings (SSSR count). The summed E-state index contributed by atoms with van der Waals surface area (Å²) in [4.78, 5) is 11.5. The van der Waals surface area contributed by atoms with E-state index < -0.39 is 0 Å². The van der Waals surface area contributed by atoms with Crippen LogP contribution in [0, 0.1) is 5.92 Å². The minimum atomic E-state index is 0.347. The Labute approximate surface area is 121 Å². The Morgan fingerprint density at radius 1 is 0.900 bits per heavy atom. The van der Waals surface area contributed by atoms with Gasteiger partial charge in [-0.2, -0.15) is 0 Å². The second kappa shape index (κ2) is 4.72. The van der Waals surface area contributed by atoms with Gasteiger partial charge in [-0.3, -0.25) is 4.79 Å². The first-order chi connectivity index (χ1) is 9.74. The van der Waals surface area contributed by atoms with Gasteiger partial charge in [0, 0.05) is 5.92 Å². The summed E-state index contributed by atoms with van der Waals surface area (Å²) in [6, 6.07) is 7.05. The van der Waals surface area contributed by atoms with Crippen molar-refractivity contribution in [1.29, 1.82) is 0 Å². The summed E-state index contributed by atoms with van der Waals surface area (Å²) in [5.41, 5.74) is 5.05. The third-order valence-electron chi connectivity index (χ3n) is 6.20. The van der Waals surface area contributed by atoms with Crippen LogP contribution >= 0.6 is 0 Å². The zero-order valence-corrected chi connectivity index (χ0v) is 12.4. The molecule has 3 aliphatic rings. The molecular formula is C19H24O. The molecule has 0 spiro atoms. The van der Waals surface area contributed by atoms with E-state index in [0.717, 1.165) is 30.6 Å². The van der Waals surface area contributed by atoms with Crippen LogP contribution in [0.25, 0.3) is 0 Å². The maximum absolute atomic E-state index is 11.5. The van der Waals surface area contributed by atoms with Gasteiger partial charge >= 0.3 is 0 Å². The van der Waals surface area contributed by atoms with Crippen LogP contribution in [0.3, 0.4) is 0 Å². The van der Waals surface area contributed by atoms with E-state index in [1.54, 1.807) is 23.6 Å². The van der Waals surface area contributed by atoms with E-state index in [4.69, 9.17) is 0 Å². The van der Waals surface area contributed by atoms with E-state index in [1.807, 2.05) is 0 Å². The summed E-state index contributed by atoms with van der Waals surface area (Å²) in [5, 5.41) is 0. The molecule has 0 saturated heterocycles. The molecule has 0 aromatic heterocycles. The summed E-state index contributed by atoms with van der Waals surface area (Å²) in [7, 11) is 0. The molecule has 0 radical (unpaired) electrons. The summed E-state index contributed by atoms with van der Waals surface area (Å²) in [6.45, 7) is 1.77. The zero-order valence-electron chi connectivity index (χ0n) is 12.4. The fourth-order valence-corrected chi connectivity index (χ4v) is 5.12. The van der Waals surface area contributed by atoms with Crippen LogP contribution in [-0.2, 0) is 4.79 Å². The number of benzene rings is 1. The van der Waals surface area contributed by atoms with Crippen LogP contribution in [0.15, 0.2) is 18.2 Å². The standard InChI is InChI=1S/C19H24O/c1-12(20)13-5-7-14(8-6-13)17-3-2-4-18-15-9-10-16(11-15)19(17)18/h2-4,13-16H,5-11H2,1H3. The first kappa shape index (κ1) is 12.6. The predicted octanol–water partition coefficient (Wildman–Crippen LogP) is 4.91. The van der Waals surface area contributed by atoms with Gasteiger partial charge in [0.05, 0.1) is 0 Å². The number of Topliss-reactive ketones (excluding diaryl/α,β-unsaturated/α-hetero) is 1. The lowest BCUT2D eigenvalue weighted by Gasteiger charge is -2.30. The first-order valence-corrected chi connectivity index (χ1v) is 8.37. The molecule has 3 aliphatic carbocycles. The van der Waals surface area contributed by atoms with Gasteiger partial charge in [0.2, 0.25) is 0 Å². The number of hydrogen-bond acceptors (Lipinski definition) is 1. The maximum atomic E-state index is 11.5. The highest BCUT2D eigenvalue weighted by atomic mass is 16.1. The Bertz CT molecular complexity index is 537. The van der Waals surface area contributed by atoms with Crippen LogP contribution in [0.5, 0.6) is 0 Å². The predicted molar refractivity (Wildman–Crippen MR) is 81.2 cm³/mol. The van der Waals surface area contributed by atoms with Crippen molar-refractivity contribution in [3.63, 3.8) is 0 Å². The van der Waals surface area contributed by atoms with Crippen LogP contribution in [-0.4, -0.2) is 5.78 Å². The average molecular weight is 268 g/mol. The third-order valence-corrected chi connectivity index (χ3v) is 6.20. The van der Waals surface area contributed by atoms with Crippen molar-refractivity contribution in [1.82, 2.24) is 0 Å². The lowest BCUT2D eigenvalue weighted by molar-refractivity contribution is -0.121. The van der Waals surface area contributed by atoms with Gasteiger partial charge in [-0.05, 0) is 86.3 Å². The molecular weight excluding hydrogens is 244 g/mol.